The van der Waals surface area contributed by atoms with Crippen molar-refractivity contribution < 1.29 is 4.42 Å². The molecule has 35 heavy (non-hydrogen) atoms. The number of pyridine rings is 1. The fourth-order valence-corrected chi connectivity index (χ4v) is 5.58. The first-order chi connectivity index (χ1) is 17.3. The van der Waals surface area contributed by atoms with Crippen LogP contribution in [0.2, 0.25) is 0 Å². The van der Waals surface area contributed by atoms with Crippen molar-refractivity contribution in [1.29, 1.82) is 0 Å². The molecule has 172 valence electrons. The van der Waals surface area contributed by atoms with Crippen LogP contribution in [-0.4, -0.2) is 29.7 Å². The van der Waals surface area contributed by atoms with E-state index in [0.717, 1.165) is 27.7 Å². The highest BCUT2D eigenvalue weighted by molar-refractivity contribution is 7.98. The minimum atomic E-state index is -0.179. The zero-order chi connectivity index (χ0) is 23.6. The second-order valence-electron chi connectivity index (χ2n) is 7.72. The molecule has 0 aliphatic heterocycles. The molecule has 0 aliphatic carbocycles. The average molecular weight is 499 g/mol. The lowest BCUT2D eigenvalue weighted by atomic mass is 10.2. The van der Waals surface area contributed by atoms with Crippen LogP contribution in [0.3, 0.4) is 0 Å². The molecule has 1 aromatic carbocycles. The number of benzene rings is 1. The minimum Gasteiger partial charge on any atom is -0.464 e. The van der Waals surface area contributed by atoms with Crippen LogP contribution < -0.4 is 5.56 Å². The van der Waals surface area contributed by atoms with Crippen molar-refractivity contribution >= 4 is 33.3 Å². The van der Waals surface area contributed by atoms with E-state index < -0.39 is 0 Å². The van der Waals surface area contributed by atoms with E-state index in [-0.39, 0.29) is 5.56 Å². The molecular weight excluding hydrogens is 480 g/mol. The maximum Gasteiger partial charge on any atom is 0.260 e. The predicted octanol–water partition coefficient (Wildman–Crippen LogP) is 5.24. The Bertz CT molecular complexity index is 1640. The number of thioether (sulfide) groups is 1. The van der Waals surface area contributed by atoms with Crippen molar-refractivity contribution in [3.05, 3.63) is 100 Å². The van der Waals surface area contributed by atoms with Gasteiger partial charge in [-0.1, -0.05) is 42.1 Å². The smallest absolute Gasteiger partial charge is 0.260 e. The molecule has 8 nitrogen and oxygen atoms in total. The molecule has 10 heteroatoms. The number of hydrogen-bond acceptors (Lipinski definition) is 8. The summed E-state index contributed by atoms with van der Waals surface area (Å²) >= 11 is 2.91. The van der Waals surface area contributed by atoms with E-state index in [1.165, 1.54) is 23.1 Å². The Morgan fingerprint density at radius 2 is 1.89 bits per heavy atom. The van der Waals surface area contributed by atoms with Gasteiger partial charge in [0, 0.05) is 28.9 Å². The number of rotatable bonds is 7. The summed E-state index contributed by atoms with van der Waals surface area (Å²) in [6.45, 7) is 0.619. The first kappa shape index (κ1) is 21.5. The summed E-state index contributed by atoms with van der Waals surface area (Å²) in [5, 5.41) is 12.1. The summed E-state index contributed by atoms with van der Waals surface area (Å²) in [6.07, 6.45) is 5.08. The fraction of sp³-hybridized carbons (Fsp3) is 0.0800. The van der Waals surface area contributed by atoms with Crippen LogP contribution >= 0.6 is 23.1 Å². The number of aromatic nitrogens is 6. The quantitative estimate of drug-likeness (QED) is 0.300. The van der Waals surface area contributed by atoms with E-state index in [1.807, 2.05) is 41.8 Å². The van der Waals surface area contributed by atoms with Gasteiger partial charge in [-0.2, -0.15) is 0 Å². The van der Waals surface area contributed by atoms with Gasteiger partial charge in [-0.25, -0.2) is 4.98 Å². The summed E-state index contributed by atoms with van der Waals surface area (Å²) < 4.78 is 7.55. The van der Waals surface area contributed by atoms with E-state index in [1.54, 1.807) is 24.7 Å². The second kappa shape index (κ2) is 9.32. The van der Waals surface area contributed by atoms with Gasteiger partial charge in [0.2, 0.25) is 0 Å². The molecule has 0 saturated carbocycles. The van der Waals surface area contributed by atoms with Crippen molar-refractivity contribution in [2.75, 3.05) is 0 Å². The second-order valence-corrected chi connectivity index (χ2v) is 9.52. The van der Waals surface area contributed by atoms with Crippen molar-refractivity contribution in [2.45, 2.75) is 17.5 Å². The van der Waals surface area contributed by atoms with Gasteiger partial charge < -0.3 is 9.40 Å². The van der Waals surface area contributed by atoms with E-state index in [9.17, 15) is 4.79 Å². The number of thiophene rings is 1. The number of fused-ring (bicyclic) bond motifs is 1. The van der Waals surface area contributed by atoms with Crippen LogP contribution in [-0.2, 0) is 12.3 Å². The van der Waals surface area contributed by atoms with E-state index in [4.69, 9.17) is 9.40 Å². The maximum absolute atomic E-state index is 12.9. The fourth-order valence-electron chi connectivity index (χ4n) is 3.83. The zero-order valence-electron chi connectivity index (χ0n) is 18.3. The van der Waals surface area contributed by atoms with Crippen molar-refractivity contribution in [1.82, 2.24) is 29.7 Å². The summed E-state index contributed by atoms with van der Waals surface area (Å²) in [5.41, 5.74) is 2.66. The van der Waals surface area contributed by atoms with Gasteiger partial charge in [0.1, 0.15) is 16.4 Å². The summed E-state index contributed by atoms with van der Waals surface area (Å²) in [6, 6.07) is 17.6. The molecule has 0 radical (unpaired) electrons. The molecule has 6 aromatic rings. The molecule has 0 atom stereocenters. The van der Waals surface area contributed by atoms with E-state index in [2.05, 4.69) is 36.9 Å². The monoisotopic (exact) mass is 498 g/mol. The van der Waals surface area contributed by atoms with Gasteiger partial charge in [0.15, 0.2) is 11.0 Å². The molecule has 6 rings (SSSR count). The SMILES string of the molecule is O=c1[nH]c(CSc2nnc(-c3ccncc3)n2Cc2ccccc2)nc2scc(-c3ccco3)c12. The third-order valence-electron chi connectivity index (χ3n) is 5.46. The molecule has 1 N–H and O–H groups in total. The molecule has 0 unspecified atom stereocenters. The topological polar surface area (TPSA) is 102 Å². The van der Waals surface area contributed by atoms with Gasteiger partial charge in [-0.3, -0.25) is 14.3 Å². The van der Waals surface area contributed by atoms with Crippen molar-refractivity contribution in [2.24, 2.45) is 0 Å². The van der Waals surface area contributed by atoms with E-state index >= 15 is 0 Å². The van der Waals surface area contributed by atoms with E-state index in [0.29, 0.717) is 34.1 Å². The zero-order valence-corrected chi connectivity index (χ0v) is 19.9. The van der Waals surface area contributed by atoms with Crippen LogP contribution in [0.4, 0.5) is 0 Å². The molecular formula is C25H18N6O2S2. The summed E-state index contributed by atoms with van der Waals surface area (Å²) in [7, 11) is 0. The minimum absolute atomic E-state index is 0.179. The Morgan fingerprint density at radius 3 is 2.69 bits per heavy atom. The molecule has 0 fully saturated rings. The summed E-state index contributed by atoms with van der Waals surface area (Å²) in [5.74, 6) is 2.45. The Balaban J connectivity index is 1.31. The van der Waals surface area contributed by atoms with Gasteiger partial charge >= 0.3 is 0 Å². The average Bonchev–Trinajstić information content (AvgIpc) is 3.64. The standard InChI is InChI=1S/C25H18N6O2S2/c32-23-21-18(19-7-4-12-33-19)14-34-24(21)28-20(27-23)15-35-25-30-29-22(17-8-10-26-11-9-17)31(25)13-16-5-2-1-3-6-16/h1-12,14H,13,15H2,(H,27,28,32). The largest absolute Gasteiger partial charge is 0.464 e. The highest BCUT2D eigenvalue weighted by atomic mass is 32.2. The Hall–Kier alpha value is -4.02. The van der Waals surface area contributed by atoms with Crippen LogP contribution in [0, 0.1) is 0 Å². The van der Waals surface area contributed by atoms with Crippen molar-refractivity contribution in [3.8, 4) is 22.7 Å². The number of nitrogens with one attached hydrogen (secondary N) is 1. The number of hydrogen-bond donors (Lipinski definition) is 1. The lowest BCUT2D eigenvalue weighted by Gasteiger charge is -2.10. The summed E-state index contributed by atoms with van der Waals surface area (Å²) in [4.78, 5) is 25.3. The highest BCUT2D eigenvalue weighted by Crippen LogP contribution is 2.32. The number of aromatic amines is 1. The molecule has 0 spiro atoms. The normalized spacial score (nSPS) is 11.3. The first-order valence-corrected chi connectivity index (χ1v) is 12.7. The number of nitrogens with zero attached hydrogens (tertiary/aromatic N) is 5. The first-order valence-electron chi connectivity index (χ1n) is 10.8. The molecule has 0 amide bonds. The number of furan rings is 1. The Morgan fingerprint density at radius 1 is 1.03 bits per heavy atom. The molecule has 0 bridgehead atoms. The Labute approximate surface area is 207 Å². The number of H-pyrrole nitrogens is 1. The maximum atomic E-state index is 12.9. The van der Waals surface area contributed by atoms with Crippen LogP contribution in [0.25, 0.3) is 32.9 Å². The van der Waals surface area contributed by atoms with Gasteiger partial charge in [-0.05, 0) is 29.8 Å². The highest BCUT2D eigenvalue weighted by Gasteiger charge is 2.18. The molecule has 5 heterocycles. The molecule has 5 aromatic heterocycles. The molecule has 0 aliphatic rings. The van der Waals surface area contributed by atoms with Gasteiger partial charge in [0.05, 0.1) is 23.9 Å². The van der Waals surface area contributed by atoms with Crippen molar-refractivity contribution in [3.63, 3.8) is 0 Å². The molecule has 0 saturated heterocycles. The van der Waals surface area contributed by atoms with Crippen LogP contribution in [0.1, 0.15) is 11.4 Å². The predicted molar refractivity (Wildman–Crippen MR) is 136 cm³/mol. The third-order valence-corrected chi connectivity index (χ3v) is 7.31. The Kier molecular flexibility index (Phi) is 5.73. The van der Waals surface area contributed by atoms with Gasteiger partial charge in [-0.15, -0.1) is 21.5 Å². The van der Waals surface area contributed by atoms with Gasteiger partial charge in [0.25, 0.3) is 5.56 Å². The third kappa shape index (κ3) is 4.29. The lowest BCUT2D eigenvalue weighted by molar-refractivity contribution is 0.583. The van der Waals surface area contributed by atoms with Crippen LogP contribution in [0.15, 0.2) is 93.0 Å². The lowest BCUT2D eigenvalue weighted by Crippen LogP contribution is -2.11. The van der Waals surface area contributed by atoms with Crippen LogP contribution in [0.5, 0.6) is 0 Å².